The summed E-state index contributed by atoms with van der Waals surface area (Å²) in [6, 6.07) is 20.7. The van der Waals surface area contributed by atoms with E-state index in [0.29, 0.717) is 33.9 Å². The monoisotopic (exact) mass is 631 g/mol. The number of nitrogens with zero attached hydrogens (tertiary/aromatic N) is 1. The number of rotatable bonds is 15. The van der Waals surface area contributed by atoms with Gasteiger partial charge < -0.3 is 39.5 Å². The number of methoxy groups -OCH3 is 2. The molecular formula is C36H40FN2O7-. The first-order valence-electron chi connectivity index (χ1n) is 15.2. The number of halogens is 1. The molecule has 10 heteroatoms. The number of nitrogens with one attached hydrogen (secondary N) is 1. The highest BCUT2D eigenvalue weighted by molar-refractivity contribution is 6.05. The van der Waals surface area contributed by atoms with Gasteiger partial charge in [0.25, 0.3) is 5.91 Å². The summed E-state index contributed by atoms with van der Waals surface area (Å²) in [5, 5.41) is 34.9. The summed E-state index contributed by atoms with van der Waals surface area (Å²) in [4.78, 5) is 25.3. The number of hydrogen-bond acceptors (Lipinski definition) is 7. The molecule has 4 aromatic rings. The van der Waals surface area contributed by atoms with Crippen molar-refractivity contribution in [2.75, 3.05) is 14.2 Å². The molecule has 46 heavy (non-hydrogen) atoms. The van der Waals surface area contributed by atoms with Crippen molar-refractivity contribution in [3.8, 4) is 33.8 Å². The van der Waals surface area contributed by atoms with Crippen molar-refractivity contribution < 1.29 is 38.8 Å². The summed E-state index contributed by atoms with van der Waals surface area (Å²) in [6.07, 6.45) is -2.57. The standard InChI is InChI=1S/C36H41FN2O7/c1-22(2)39-29(18-17-27(40)19-28(41)20-31(42)43)32(24-13-15-26(37)16-14-24)33(23-9-6-5-7-10-23)34(39)36(44)38-21-25-11-8-12-30(45-3)35(25)46-4/h5-16,22,27-28,40-41H,17-21H2,1-4H3,(H,38,44)(H,42,43)/p-1/t27-,28-/m1/s1. The molecule has 0 radical (unpaired) electrons. The predicted molar refractivity (Wildman–Crippen MR) is 171 cm³/mol. The normalized spacial score (nSPS) is 12.5. The fraction of sp³-hybridized carbons (Fsp3) is 0.333. The number of carbonyl (C=O) groups excluding carboxylic acids is 2. The third kappa shape index (κ3) is 7.94. The third-order valence-electron chi connectivity index (χ3n) is 7.82. The zero-order chi connectivity index (χ0) is 33.4. The van der Waals surface area contributed by atoms with Crippen LogP contribution in [0.15, 0.2) is 72.8 Å². The number of carboxylic acids is 1. The quantitative estimate of drug-likeness (QED) is 0.174. The van der Waals surface area contributed by atoms with Crippen molar-refractivity contribution in [3.05, 3.63) is 95.6 Å². The molecule has 244 valence electrons. The lowest BCUT2D eigenvalue weighted by molar-refractivity contribution is -0.307. The van der Waals surface area contributed by atoms with Gasteiger partial charge in [-0.05, 0) is 62.4 Å². The van der Waals surface area contributed by atoms with Gasteiger partial charge in [0, 0.05) is 47.4 Å². The molecule has 4 rings (SSSR count). The Morgan fingerprint density at radius 2 is 1.57 bits per heavy atom. The van der Waals surface area contributed by atoms with Crippen LogP contribution < -0.4 is 19.9 Å². The summed E-state index contributed by atoms with van der Waals surface area (Å²) >= 11 is 0. The number of carboxylic acid groups (broad SMARTS) is 1. The summed E-state index contributed by atoms with van der Waals surface area (Å²) < 4.78 is 27.0. The molecule has 0 fully saturated rings. The van der Waals surface area contributed by atoms with Crippen LogP contribution in [0.3, 0.4) is 0 Å². The van der Waals surface area contributed by atoms with Gasteiger partial charge in [-0.15, -0.1) is 0 Å². The van der Waals surface area contributed by atoms with E-state index in [1.807, 2.05) is 60.9 Å². The first-order valence-corrected chi connectivity index (χ1v) is 15.2. The maximum Gasteiger partial charge on any atom is 0.268 e. The van der Waals surface area contributed by atoms with E-state index < -0.39 is 30.4 Å². The van der Waals surface area contributed by atoms with Crippen molar-refractivity contribution in [3.63, 3.8) is 0 Å². The van der Waals surface area contributed by atoms with E-state index in [1.54, 1.807) is 25.3 Å². The minimum absolute atomic E-state index is 0.146. The van der Waals surface area contributed by atoms with Crippen LogP contribution in [0.1, 0.15) is 60.9 Å². The Morgan fingerprint density at radius 1 is 0.891 bits per heavy atom. The van der Waals surface area contributed by atoms with Crippen LogP contribution in [-0.2, 0) is 17.8 Å². The molecule has 1 aromatic heterocycles. The maximum absolute atomic E-state index is 14.3. The van der Waals surface area contributed by atoms with E-state index in [4.69, 9.17) is 9.47 Å². The van der Waals surface area contributed by atoms with Crippen LogP contribution >= 0.6 is 0 Å². The van der Waals surface area contributed by atoms with E-state index >= 15 is 0 Å². The third-order valence-corrected chi connectivity index (χ3v) is 7.82. The minimum atomic E-state index is -1.40. The van der Waals surface area contributed by atoms with Crippen LogP contribution in [0.5, 0.6) is 11.5 Å². The molecular weight excluding hydrogens is 591 g/mol. The van der Waals surface area contributed by atoms with Crippen LogP contribution in [0.2, 0.25) is 0 Å². The molecule has 0 saturated carbocycles. The number of para-hydroxylation sites is 1. The first-order chi connectivity index (χ1) is 22.0. The van der Waals surface area contributed by atoms with Gasteiger partial charge in [-0.2, -0.15) is 0 Å². The average molecular weight is 632 g/mol. The van der Waals surface area contributed by atoms with Crippen molar-refractivity contribution in [1.29, 1.82) is 0 Å². The van der Waals surface area contributed by atoms with Crippen molar-refractivity contribution in [2.45, 2.75) is 64.3 Å². The SMILES string of the molecule is COc1cccc(CNC(=O)c2c(-c3ccccc3)c(-c3ccc(F)cc3)c(CC[C@@H](O)C[C@@H](O)CC(=O)[O-])n2C(C)C)c1OC. The van der Waals surface area contributed by atoms with E-state index in [9.17, 15) is 29.3 Å². The van der Waals surface area contributed by atoms with Gasteiger partial charge in [0.05, 0.1) is 26.4 Å². The van der Waals surface area contributed by atoms with E-state index in [0.717, 1.165) is 16.8 Å². The predicted octanol–water partition coefficient (Wildman–Crippen LogP) is 4.67. The molecule has 2 atom stereocenters. The number of aliphatic hydroxyl groups excluding tert-OH is 2. The fourth-order valence-corrected chi connectivity index (χ4v) is 5.85. The second kappa shape index (κ2) is 15.6. The zero-order valence-corrected chi connectivity index (χ0v) is 26.5. The van der Waals surface area contributed by atoms with E-state index in [1.165, 1.54) is 19.2 Å². The molecule has 0 bridgehead atoms. The Balaban J connectivity index is 1.86. The Bertz CT molecular complexity index is 1630. The van der Waals surface area contributed by atoms with Gasteiger partial charge in [-0.3, -0.25) is 4.79 Å². The second-order valence-corrected chi connectivity index (χ2v) is 11.4. The highest BCUT2D eigenvalue weighted by Gasteiger charge is 2.30. The molecule has 0 spiro atoms. The van der Waals surface area contributed by atoms with E-state index in [-0.39, 0.29) is 37.8 Å². The number of ether oxygens (including phenoxy) is 2. The summed E-state index contributed by atoms with van der Waals surface area (Å²) in [7, 11) is 3.08. The van der Waals surface area contributed by atoms with Gasteiger partial charge in [0.15, 0.2) is 11.5 Å². The molecule has 3 N–H and O–H groups in total. The number of carbonyl (C=O) groups is 2. The van der Waals surface area contributed by atoms with Crippen LogP contribution in [0.4, 0.5) is 4.39 Å². The second-order valence-electron chi connectivity index (χ2n) is 11.4. The molecule has 9 nitrogen and oxygen atoms in total. The van der Waals surface area contributed by atoms with Gasteiger partial charge in [0.2, 0.25) is 0 Å². The number of aliphatic hydroxyl groups is 2. The topological polar surface area (TPSA) is 133 Å². The number of aromatic nitrogens is 1. The zero-order valence-electron chi connectivity index (χ0n) is 26.5. The summed E-state index contributed by atoms with van der Waals surface area (Å²) in [6.45, 7) is 4.05. The Kier molecular flexibility index (Phi) is 11.6. The molecule has 1 amide bonds. The lowest BCUT2D eigenvalue weighted by Gasteiger charge is -2.20. The van der Waals surface area contributed by atoms with Crippen molar-refractivity contribution >= 4 is 11.9 Å². The van der Waals surface area contributed by atoms with Crippen molar-refractivity contribution in [1.82, 2.24) is 9.88 Å². The lowest BCUT2D eigenvalue weighted by atomic mass is 9.92. The highest BCUT2D eigenvalue weighted by Crippen LogP contribution is 2.42. The Morgan fingerprint density at radius 3 is 2.17 bits per heavy atom. The molecule has 0 unspecified atom stereocenters. The van der Waals surface area contributed by atoms with E-state index in [2.05, 4.69) is 5.32 Å². The van der Waals surface area contributed by atoms with Crippen LogP contribution in [-0.4, -0.2) is 53.1 Å². The Hall–Kier alpha value is -4.67. The van der Waals surface area contributed by atoms with Gasteiger partial charge in [-0.25, -0.2) is 4.39 Å². The molecule has 0 aliphatic carbocycles. The molecule has 0 saturated heterocycles. The molecule has 1 heterocycles. The number of benzene rings is 3. The van der Waals surface area contributed by atoms with Gasteiger partial charge in [-0.1, -0.05) is 54.6 Å². The minimum Gasteiger partial charge on any atom is -0.550 e. The fourth-order valence-electron chi connectivity index (χ4n) is 5.85. The lowest BCUT2D eigenvalue weighted by Crippen LogP contribution is -2.29. The largest absolute Gasteiger partial charge is 0.550 e. The van der Waals surface area contributed by atoms with Gasteiger partial charge >= 0.3 is 0 Å². The van der Waals surface area contributed by atoms with Crippen molar-refractivity contribution in [2.24, 2.45) is 0 Å². The van der Waals surface area contributed by atoms with Crippen LogP contribution in [0, 0.1) is 5.82 Å². The average Bonchev–Trinajstić information content (AvgIpc) is 3.38. The Labute approximate surface area is 268 Å². The molecule has 0 aliphatic rings. The number of hydrogen-bond donors (Lipinski definition) is 3. The summed E-state index contributed by atoms with van der Waals surface area (Å²) in [5.41, 5.74) is 4.67. The molecule has 0 aliphatic heterocycles. The van der Waals surface area contributed by atoms with Crippen LogP contribution in [0.25, 0.3) is 22.3 Å². The molecule has 3 aromatic carbocycles. The number of aliphatic carboxylic acids is 1. The highest BCUT2D eigenvalue weighted by atomic mass is 19.1. The van der Waals surface area contributed by atoms with Gasteiger partial charge in [0.1, 0.15) is 11.5 Å². The summed E-state index contributed by atoms with van der Waals surface area (Å²) in [5.74, 6) is -1.11. The smallest absolute Gasteiger partial charge is 0.268 e. The number of amides is 1. The maximum atomic E-state index is 14.3. The first kappa shape index (κ1) is 34.2.